The first-order valence-electron chi connectivity index (χ1n) is 5.00. The third-order valence-electron chi connectivity index (χ3n) is 2.28. The van der Waals surface area contributed by atoms with E-state index >= 15 is 0 Å². The molecule has 0 bridgehead atoms. The number of aryl methyl sites for hydroxylation is 1. The van der Waals surface area contributed by atoms with Crippen LogP contribution in [0.4, 0.5) is 13.2 Å². The van der Waals surface area contributed by atoms with E-state index in [0.717, 1.165) is 10.1 Å². The minimum atomic E-state index is -4.52. The summed E-state index contributed by atoms with van der Waals surface area (Å²) in [5, 5.41) is 3.40. The van der Waals surface area contributed by atoms with Crippen LogP contribution in [0.2, 0.25) is 0 Å². The van der Waals surface area contributed by atoms with Crippen LogP contribution in [0.3, 0.4) is 0 Å². The molecule has 0 saturated carbocycles. The van der Waals surface area contributed by atoms with Crippen LogP contribution in [0.25, 0.3) is 5.65 Å². The second kappa shape index (κ2) is 4.52. The van der Waals surface area contributed by atoms with Gasteiger partial charge in [-0.1, -0.05) is 6.07 Å². The van der Waals surface area contributed by atoms with Crippen molar-refractivity contribution in [2.75, 3.05) is 5.88 Å². The number of nitrogens with zero attached hydrogens (tertiary/aromatic N) is 3. The van der Waals surface area contributed by atoms with Crippen LogP contribution in [-0.4, -0.2) is 20.5 Å². The number of aromatic nitrogens is 3. The van der Waals surface area contributed by atoms with Gasteiger partial charge in [-0.2, -0.15) is 13.2 Å². The molecule has 7 heteroatoms. The van der Waals surface area contributed by atoms with Crippen molar-refractivity contribution in [3.05, 3.63) is 29.7 Å². The van der Waals surface area contributed by atoms with Gasteiger partial charge in [-0.05, 0) is 24.5 Å². The molecule has 0 atom stereocenters. The zero-order chi connectivity index (χ0) is 12.5. The molecular weight excluding hydrogens is 255 g/mol. The maximum absolute atomic E-state index is 12.5. The molecule has 2 aromatic heterocycles. The molecule has 92 valence electrons. The Labute approximate surface area is 100 Å². The van der Waals surface area contributed by atoms with E-state index in [1.165, 1.54) is 6.20 Å². The fourth-order valence-corrected chi connectivity index (χ4v) is 1.67. The maximum atomic E-state index is 12.5. The maximum Gasteiger partial charge on any atom is 0.453 e. The SMILES string of the molecule is FC(F)(F)c1nc2c(CCCCl)cccn2n1. The molecule has 3 nitrogen and oxygen atoms in total. The highest BCUT2D eigenvalue weighted by Crippen LogP contribution is 2.27. The predicted molar refractivity (Wildman–Crippen MR) is 57.0 cm³/mol. The molecule has 0 saturated heterocycles. The van der Waals surface area contributed by atoms with Crippen LogP contribution < -0.4 is 0 Å². The van der Waals surface area contributed by atoms with Crippen LogP contribution in [0, 0.1) is 0 Å². The predicted octanol–water partition coefficient (Wildman–Crippen LogP) is 2.92. The van der Waals surface area contributed by atoms with Gasteiger partial charge in [-0.3, -0.25) is 0 Å². The van der Waals surface area contributed by atoms with E-state index in [4.69, 9.17) is 11.6 Å². The highest BCUT2D eigenvalue weighted by atomic mass is 35.5. The van der Waals surface area contributed by atoms with Gasteiger partial charge in [0.2, 0.25) is 0 Å². The Hall–Kier alpha value is -1.30. The Morgan fingerprint density at radius 1 is 1.35 bits per heavy atom. The molecule has 2 heterocycles. The second-order valence-corrected chi connectivity index (χ2v) is 3.91. The van der Waals surface area contributed by atoms with Crippen LogP contribution in [0.15, 0.2) is 18.3 Å². The molecule has 2 rings (SSSR count). The van der Waals surface area contributed by atoms with Crippen molar-refractivity contribution in [2.45, 2.75) is 19.0 Å². The van der Waals surface area contributed by atoms with Crippen LogP contribution in [0.1, 0.15) is 17.8 Å². The number of alkyl halides is 4. The second-order valence-electron chi connectivity index (χ2n) is 3.53. The lowest BCUT2D eigenvalue weighted by molar-refractivity contribution is -0.144. The van der Waals surface area contributed by atoms with Crippen molar-refractivity contribution in [1.82, 2.24) is 14.6 Å². The Morgan fingerprint density at radius 3 is 2.76 bits per heavy atom. The van der Waals surface area contributed by atoms with Crippen molar-refractivity contribution in [2.24, 2.45) is 0 Å². The highest BCUT2D eigenvalue weighted by Gasteiger charge is 2.36. The summed E-state index contributed by atoms with van der Waals surface area (Å²) in [6.07, 6.45) is -1.79. The van der Waals surface area contributed by atoms with E-state index in [1.807, 2.05) is 0 Å². The smallest absolute Gasteiger partial charge is 0.220 e. The quantitative estimate of drug-likeness (QED) is 0.797. The van der Waals surface area contributed by atoms with Crippen molar-refractivity contribution in [3.63, 3.8) is 0 Å². The average Bonchev–Trinajstić information content (AvgIpc) is 2.70. The van der Waals surface area contributed by atoms with E-state index in [2.05, 4.69) is 10.1 Å². The van der Waals surface area contributed by atoms with Gasteiger partial charge in [0.05, 0.1) is 0 Å². The van der Waals surface area contributed by atoms with Gasteiger partial charge in [0.25, 0.3) is 5.82 Å². The van der Waals surface area contributed by atoms with Gasteiger partial charge in [0.1, 0.15) is 0 Å². The monoisotopic (exact) mass is 263 g/mol. The first kappa shape index (κ1) is 12.2. The first-order valence-corrected chi connectivity index (χ1v) is 5.53. The molecule has 2 aromatic rings. The average molecular weight is 264 g/mol. The molecule has 0 spiro atoms. The molecule has 0 aliphatic rings. The standard InChI is InChI=1S/C10H9ClF3N3/c11-5-1-3-7-4-2-6-17-8(7)15-9(16-17)10(12,13)14/h2,4,6H,1,3,5H2. The molecule has 0 unspecified atom stereocenters. The summed E-state index contributed by atoms with van der Waals surface area (Å²) >= 11 is 5.56. The van der Waals surface area contributed by atoms with E-state index in [9.17, 15) is 13.2 Å². The van der Waals surface area contributed by atoms with Crippen molar-refractivity contribution in [3.8, 4) is 0 Å². The fourth-order valence-electron chi connectivity index (χ4n) is 1.53. The Kier molecular flexibility index (Phi) is 3.24. The van der Waals surface area contributed by atoms with E-state index < -0.39 is 12.0 Å². The summed E-state index contributed by atoms with van der Waals surface area (Å²) in [4.78, 5) is 3.52. The zero-order valence-electron chi connectivity index (χ0n) is 8.71. The number of hydrogen-bond donors (Lipinski definition) is 0. The molecule has 0 aliphatic carbocycles. The summed E-state index contributed by atoms with van der Waals surface area (Å²) in [6, 6.07) is 3.38. The topological polar surface area (TPSA) is 30.2 Å². The molecular formula is C10H9ClF3N3. The van der Waals surface area contributed by atoms with Crippen molar-refractivity contribution in [1.29, 1.82) is 0 Å². The van der Waals surface area contributed by atoms with Gasteiger partial charge < -0.3 is 0 Å². The van der Waals surface area contributed by atoms with Crippen LogP contribution in [-0.2, 0) is 12.6 Å². The third kappa shape index (κ3) is 2.52. The first-order chi connectivity index (χ1) is 8.02. The lowest BCUT2D eigenvalue weighted by Gasteiger charge is -1.99. The summed E-state index contributed by atoms with van der Waals surface area (Å²) in [5.41, 5.74) is 0.959. The molecule has 0 amide bonds. The van der Waals surface area contributed by atoms with E-state index in [-0.39, 0.29) is 5.65 Å². The molecule has 0 N–H and O–H groups in total. The van der Waals surface area contributed by atoms with E-state index in [0.29, 0.717) is 18.7 Å². The summed E-state index contributed by atoms with van der Waals surface area (Å²) < 4.78 is 38.5. The summed E-state index contributed by atoms with van der Waals surface area (Å²) in [6.45, 7) is 0. The minimum absolute atomic E-state index is 0.241. The normalized spacial score (nSPS) is 12.2. The van der Waals surface area contributed by atoms with Gasteiger partial charge in [0, 0.05) is 12.1 Å². The number of halogens is 4. The van der Waals surface area contributed by atoms with Crippen LogP contribution >= 0.6 is 11.6 Å². The fraction of sp³-hybridized carbons (Fsp3) is 0.400. The summed E-state index contributed by atoms with van der Waals surface area (Å²) in [7, 11) is 0. The van der Waals surface area contributed by atoms with Crippen molar-refractivity contribution < 1.29 is 13.2 Å². The zero-order valence-corrected chi connectivity index (χ0v) is 9.46. The molecule has 17 heavy (non-hydrogen) atoms. The molecule has 0 aliphatic heterocycles. The van der Waals surface area contributed by atoms with Crippen molar-refractivity contribution >= 4 is 17.2 Å². The van der Waals surface area contributed by atoms with Gasteiger partial charge >= 0.3 is 6.18 Å². The number of hydrogen-bond acceptors (Lipinski definition) is 2. The molecule has 0 fully saturated rings. The lowest BCUT2D eigenvalue weighted by Crippen LogP contribution is -2.07. The minimum Gasteiger partial charge on any atom is -0.220 e. The largest absolute Gasteiger partial charge is 0.453 e. The Morgan fingerprint density at radius 2 is 2.12 bits per heavy atom. The molecule has 0 aromatic carbocycles. The third-order valence-corrected chi connectivity index (χ3v) is 2.54. The van der Waals surface area contributed by atoms with Gasteiger partial charge in [0.15, 0.2) is 5.65 Å². The van der Waals surface area contributed by atoms with E-state index in [1.54, 1.807) is 12.1 Å². The lowest BCUT2D eigenvalue weighted by atomic mass is 10.1. The summed E-state index contributed by atoms with van der Waals surface area (Å²) in [5.74, 6) is -0.655. The number of fused-ring (bicyclic) bond motifs is 1. The van der Waals surface area contributed by atoms with Gasteiger partial charge in [-0.15, -0.1) is 16.7 Å². The Balaban J connectivity index is 2.45. The van der Waals surface area contributed by atoms with Crippen LogP contribution in [0.5, 0.6) is 0 Å². The highest BCUT2D eigenvalue weighted by molar-refractivity contribution is 6.17. The Bertz CT molecular complexity index is 521. The number of pyridine rings is 1. The van der Waals surface area contributed by atoms with Gasteiger partial charge in [-0.25, -0.2) is 9.50 Å². The number of rotatable bonds is 3. The molecule has 0 radical (unpaired) electrons.